The molecular weight excluding hydrogens is 238 g/mol. The predicted octanol–water partition coefficient (Wildman–Crippen LogP) is 2.66. The summed E-state index contributed by atoms with van der Waals surface area (Å²) < 4.78 is 0. The van der Waals surface area contributed by atoms with Crippen LogP contribution in [-0.2, 0) is 0 Å². The van der Waals surface area contributed by atoms with E-state index >= 15 is 0 Å². The van der Waals surface area contributed by atoms with Crippen LogP contribution in [0.5, 0.6) is 0 Å². The van der Waals surface area contributed by atoms with Gasteiger partial charge in [0, 0.05) is 10.8 Å². The van der Waals surface area contributed by atoms with E-state index in [1.807, 2.05) is 19.1 Å². The van der Waals surface area contributed by atoms with E-state index < -0.39 is 0 Å². The number of aliphatic hydroxyl groups is 1. The van der Waals surface area contributed by atoms with E-state index in [4.69, 9.17) is 0 Å². The number of nitrogens with zero attached hydrogens (tertiary/aromatic N) is 2. The first-order valence-corrected chi connectivity index (χ1v) is 6.85. The van der Waals surface area contributed by atoms with Crippen LogP contribution < -0.4 is 5.32 Å². The fourth-order valence-corrected chi connectivity index (χ4v) is 2.96. The molecule has 0 spiro atoms. The van der Waals surface area contributed by atoms with Gasteiger partial charge >= 0.3 is 0 Å². The molecule has 0 atom stereocenters. The van der Waals surface area contributed by atoms with Gasteiger partial charge < -0.3 is 10.4 Å². The van der Waals surface area contributed by atoms with Crippen molar-refractivity contribution in [2.24, 2.45) is 0 Å². The van der Waals surface area contributed by atoms with Crippen LogP contribution >= 0.6 is 0 Å². The summed E-state index contributed by atoms with van der Waals surface area (Å²) in [6, 6.07) is 8.14. The highest BCUT2D eigenvalue weighted by Gasteiger charge is 2.33. The van der Waals surface area contributed by atoms with Gasteiger partial charge in [0.1, 0.15) is 0 Å². The van der Waals surface area contributed by atoms with Gasteiger partial charge in [0.2, 0.25) is 0 Å². The summed E-state index contributed by atoms with van der Waals surface area (Å²) in [6.45, 7) is 2.12. The maximum atomic E-state index is 9.69. The summed E-state index contributed by atoms with van der Waals surface area (Å²) >= 11 is 0. The fourth-order valence-electron chi connectivity index (χ4n) is 2.96. The number of rotatable bonds is 3. The maximum absolute atomic E-state index is 9.69. The van der Waals surface area contributed by atoms with E-state index in [0.29, 0.717) is 0 Å². The second-order valence-corrected chi connectivity index (χ2v) is 5.45. The molecule has 0 bridgehead atoms. The number of fused-ring (bicyclic) bond motifs is 1. The molecule has 1 heterocycles. The zero-order valence-corrected chi connectivity index (χ0v) is 11.2. The van der Waals surface area contributed by atoms with Crippen LogP contribution in [0.3, 0.4) is 0 Å². The molecule has 3 rings (SSSR count). The number of aliphatic hydroxyl groups excluding tert-OH is 1. The molecule has 0 saturated heterocycles. The smallest absolute Gasteiger partial charge is 0.157 e. The summed E-state index contributed by atoms with van der Waals surface area (Å²) in [4.78, 5) is 0. The zero-order valence-electron chi connectivity index (χ0n) is 11.2. The standard InChI is InChI=1S/C15H19N3O/c1-11-12-6-2-3-7-13(12)14(18-17-11)16-15(10-19)8-4-5-9-15/h2-3,6-7,19H,4-5,8-10H2,1H3,(H,16,18). The lowest BCUT2D eigenvalue weighted by molar-refractivity contribution is 0.214. The third-order valence-corrected chi connectivity index (χ3v) is 4.12. The summed E-state index contributed by atoms with van der Waals surface area (Å²) in [5.41, 5.74) is 0.720. The summed E-state index contributed by atoms with van der Waals surface area (Å²) in [7, 11) is 0. The minimum Gasteiger partial charge on any atom is -0.394 e. The molecule has 1 fully saturated rings. The fraction of sp³-hybridized carbons (Fsp3) is 0.467. The predicted molar refractivity (Wildman–Crippen MR) is 76.2 cm³/mol. The van der Waals surface area contributed by atoms with E-state index in [2.05, 4.69) is 27.6 Å². The second kappa shape index (κ2) is 4.78. The lowest BCUT2D eigenvalue weighted by Crippen LogP contribution is -2.39. The van der Waals surface area contributed by atoms with Crippen molar-refractivity contribution in [1.29, 1.82) is 0 Å². The molecule has 0 amide bonds. The number of anilines is 1. The van der Waals surface area contributed by atoms with E-state index in [1.165, 1.54) is 0 Å². The van der Waals surface area contributed by atoms with Crippen LogP contribution in [0.4, 0.5) is 5.82 Å². The molecule has 0 aliphatic heterocycles. The minimum atomic E-state index is -0.216. The van der Waals surface area contributed by atoms with Crippen LogP contribution in [0.15, 0.2) is 24.3 Å². The number of aryl methyl sites for hydroxylation is 1. The van der Waals surface area contributed by atoms with Crippen LogP contribution in [0.2, 0.25) is 0 Å². The summed E-state index contributed by atoms with van der Waals surface area (Å²) in [5.74, 6) is 0.789. The van der Waals surface area contributed by atoms with Crippen molar-refractivity contribution < 1.29 is 5.11 Å². The Hall–Kier alpha value is -1.68. The summed E-state index contributed by atoms with van der Waals surface area (Å²) in [5, 5.41) is 23.9. The molecule has 1 aromatic heterocycles. The first-order chi connectivity index (χ1) is 9.24. The minimum absolute atomic E-state index is 0.150. The van der Waals surface area contributed by atoms with Gasteiger partial charge in [0.25, 0.3) is 0 Å². The number of hydrogen-bond acceptors (Lipinski definition) is 4. The van der Waals surface area contributed by atoms with Crippen LogP contribution in [-0.4, -0.2) is 27.4 Å². The number of nitrogens with one attached hydrogen (secondary N) is 1. The molecule has 0 radical (unpaired) electrons. The quantitative estimate of drug-likeness (QED) is 0.887. The molecule has 1 saturated carbocycles. The monoisotopic (exact) mass is 257 g/mol. The van der Waals surface area contributed by atoms with Crippen molar-refractivity contribution >= 4 is 16.6 Å². The molecule has 1 aliphatic carbocycles. The lowest BCUT2D eigenvalue weighted by atomic mass is 9.98. The van der Waals surface area contributed by atoms with Gasteiger partial charge in [-0.2, -0.15) is 5.10 Å². The van der Waals surface area contributed by atoms with Gasteiger partial charge in [-0.15, -0.1) is 5.10 Å². The molecule has 4 nitrogen and oxygen atoms in total. The Morgan fingerprint density at radius 1 is 1.16 bits per heavy atom. The van der Waals surface area contributed by atoms with E-state index in [0.717, 1.165) is 48.0 Å². The molecule has 100 valence electrons. The average molecular weight is 257 g/mol. The van der Waals surface area contributed by atoms with E-state index in [1.54, 1.807) is 0 Å². The Morgan fingerprint density at radius 3 is 2.53 bits per heavy atom. The summed E-state index contributed by atoms with van der Waals surface area (Å²) in [6.07, 6.45) is 4.30. The Balaban J connectivity index is 2.03. The SMILES string of the molecule is Cc1nnc(NC2(CO)CCCC2)c2ccccc12. The normalized spacial score (nSPS) is 17.8. The Bertz CT molecular complexity index is 591. The Morgan fingerprint density at radius 2 is 1.84 bits per heavy atom. The molecule has 4 heteroatoms. The van der Waals surface area contributed by atoms with Crippen LogP contribution in [0.1, 0.15) is 31.4 Å². The van der Waals surface area contributed by atoms with Crippen molar-refractivity contribution in [3.05, 3.63) is 30.0 Å². The molecule has 2 N–H and O–H groups in total. The largest absolute Gasteiger partial charge is 0.394 e. The Labute approximate surface area is 112 Å². The highest BCUT2D eigenvalue weighted by Crippen LogP contribution is 2.34. The van der Waals surface area contributed by atoms with Gasteiger partial charge in [-0.3, -0.25) is 0 Å². The third-order valence-electron chi connectivity index (χ3n) is 4.12. The van der Waals surface area contributed by atoms with E-state index in [9.17, 15) is 5.11 Å². The second-order valence-electron chi connectivity index (χ2n) is 5.45. The third kappa shape index (κ3) is 2.16. The Kier molecular flexibility index (Phi) is 3.11. The maximum Gasteiger partial charge on any atom is 0.157 e. The average Bonchev–Trinajstić information content (AvgIpc) is 2.92. The van der Waals surface area contributed by atoms with Gasteiger partial charge in [-0.05, 0) is 19.8 Å². The van der Waals surface area contributed by atoms with Crippen molar-refractivity contribution in [2.45, 2.75) is 38.1 Å². The van der Waals surface area contributed by atoms with Gasteiger partial charge in [0.05, 0.1) is 17.8 Å². The number of benzene rings is 1. The molecule has 0 unspecified atom stereocenters. The van der Waals surface area contributed by atoms with Gasteiger partial charge in [-0.25, -0.2) is 0 Å². The highest BCUT2D eigenvalue weighted by atomic mass is 16.3. The van der Waals surface area contributed by atoms with Crippen LogP contribution in [0.25, 0.3) is 10.8 Å². The zero-order chi connectivity index (χ0) is 13.3. The molecule has 19 heavy (non-hydrogen) atoms. The first-order valence-electron chi connectivity index (χ1n) is 6.85. The lowest BCUT2D eigenvalue weighted by Gasteiger charge is -2.29. The van der Waals surface area contributed by atoms with Crippen molar-refractivity contribution in [1.82, 2.24) is 10.2 Å². The topological polar surface area (TPSA) is 58.0 Å². The number of hydrogen-bond donors (Lipinski definition) is 2. The van der Waals surface area contributed by atoms with E-state index in [-0.39, 0.29) is 12.1 Å². The van der Waals surface area contributed by atoms with Gasteiger partial charge in [-0.1, -0.05) is 37.1 Å². The molecule has 2 aromatic rings. The molecule has 1 aromatic carbocycles. The number of aromatic nitrogens is 2. The van der Waals surface area contributed by atoms with Crippen LogP contribution in [0, 0.1) is 6.92 Å². The van der Waals surface area contributed by atoms with Gasteiger partial charge in [0.15, 0.2) is 5.82 Å². The molecular formula is C15H19N3O. The van der Waals surface area contributed by atoms with Crippen molar-refractivity contribution in [3.8, 4) is 0 Å². The highest BCUT2D eigenvalue weighted by molar-refractivity contribution is 5.93. The molecule has 1 aliphatic rings. The first kappa shape index (κ1) is 12.4. The van der Waals surface area contributed by atoms with Crippen molar-refractivity contribution in [3.63, 3.8) is 0 Å². The van der Waals surface area contributed by atoms with Crippen molar-refractivity contribution in [2.75, 3.05) is 11.9 Å².